The van der Waals surface area contributed by atoms with Crippen molar-refractivity contribution in [3.8, 4) is 11.4 Å². The van der Waals surface area contributed by atoms with Gasteiger partial charge in [-0.1, -0.05) is 32.0 Å². The van der Waals surface area contributed by atoms with Crippen molar-refractivity contribution in [2.24, 2.45) is 7.05 Å². The quantitative estimate of drug-likeness (QED) is 0.425. The molecule has 0 fully saturated rings. The molecule has 1 aromatic carbocycles. The molecule has 35 heavy (non-hydrogen) atoms. The second-order valence-corrected chi connectivity index (χ2v) is 9.17. The van der Waals surface area contributed by atoms with Gasteiger partial charge in [0.25, 0.3) is 0 Å². The van der Waals surface area contributed by atoms with E-state index in [4.69, 9.17) is 4.52 Å². The van der Waals surface area contributed by atoms with E-state index in [1.807, 2.05) is 20.8 Å². The molecule has 0 aliphatic carbocycles. The molecule has 1 atom stereocenters. The summed E-state index contributed by atoms with van der Waals surface area (Å²) in [4.78, 5) is 29.3. The number of halogens is 1. The topological polar surface area (TPSA) is 137 Å². The minimum atomic E-state index is -0.534. The van der Waals surface area contributed by atoms with Crippen molar-refractivity contribution >= 4 is 17.5 Å². The molecule has 11 nitrogen and oxygen atoms in total. The summed E-state index contributed by atoms with van der Waals surface area (Å²) in [6.07, 6.45) is 4.69. The van der Waals surface area contributed by atoms with Gasteiger partial charge < -0.3 is 15.2 Å². The number of rotatable bonds is 6. The monoisotopic (exact) mass is 479 g/mol. The molecule has 0 bridgehead atoms. The molecule has 12 heteroatoms. The van der Waals surface area contributed by atoms with Gasteiger partial charge in [-0.15, -0.1) is 0 Å². The van der Waals surface area contributed by atoms with E-state index in [1.165, 1.54) is 6.33 Å². The van der Waals surface area contributed by atoms with Crippen LogP contribution >= 0.6 is 0 Å². The second kappa shape index (κ2) is 9.20. The van der Waals surface area contributed by atoms with Crippen LogP contribution in [0.3, 0.4) is 0 Å². The van der Waals surface area contributed by atoms with E-state index in [0.29, 0.717) is 22.6 Å². The van der Waals surface area contributed by atoms with Crippen LogP contribution in [0.1, 0.15) is 61.4 Å². The molecule has 4 aromatic rings. The van der Waals surface area contributed by atoms with Crippen molar-refractivity contribution in [3.63, 3.8) is 0 Å². The minimum Gasteiger partial charge on any atom is -0.341 e. The first-order valence-electron chi connectivity index (χ1n) is 10.9. The molecule has 3 heterocycles. The number of carbonyl (C=O) groups is 1. The molecule has 1 amide bonds. The predicted octanol–water partition coefficient (Wildman–Crippen LogP) is 3.63. The summed E-state index contributed by atoms with van der Waals surface area (Å²) in [5.74, 6) is -0.301. The molecule has 182 valence electrons. The Kier molecular flexibility index (Phi) is 6.29. The van der Waals surface area contributed by atoms with Gasteiger partial charge >= 0.3 is 11.8 Å². The van der Waals surface area contributed by atoms with Gasteiger partial charge in [-0.2, -0.15) is 15.1 Å². The fourth-order valence-corrected chi connectivity index (χ4v) is 3.40. The number of hydrogen-bond acceptors (Lipinski definition) is 9. The van der Waals surface area contributed by atoms with Gasteiger partial charge in [-0.05, 0) is 31.0 Å². The molecular weight excluding hydrogens is 453 g/mol. The summed E-state index contributed by atoms with van der Waals surface area (Å²) in [7, 11) is 1.79. The molecule has 2 N–H and O–H groups in total. The highest BCUT2D eigenvalue weighted by Crippen LogP contribution is 2.28. The first kappa shape index (κ1) is 23.9. The summed E-state index contributed by atoms with van der Waals surface area (Å²) in [5, 5.41) is 13.7. The van der Waals surface area contributed by atoms with Crippen LogP contribution in [-0.2, 0) is 12.5 Å². The highest BCUT2D eigenvalue weighted by Gasteiger charge is 2.25. The molecule has 1 unspecified atom stereocenters. The van der Waals surface area contributed by atoms with Crippen molar-refractivity contribution in [2.75, 3.05) is 5.32 Å². The Balaban J connectivity index is 1.53. The zero-order valence-corrected chi connectivity index (χ0v) is 20.3. The fraction of sp³-hybridized carbons (Fsp3) is 0.348. The molecule has 0 spiro atoms. The van der Waals surface area contributed by atoms with Gasteiger partial charge in [0.05, 0.1) is 23.5 Å². The van der Waals surface area contributed by atoms with E-state index in [1.54, 1.807) is 50.1 Å². The average Bonchev–Trinajstić information content (AvgIpc) is 3.45. The van der Waals surface area contributed by atoms with Crippen LogP contribution in [0.2, 0.25) is 0 Å². The summed E-state index contributed by atoms with van der Waals surface area (Å²) >= 11 is 0. The maximum atomic E-state index is 15.4. The molecule has 0 saturated carbocycles. The maximum Gasteiger partial charge on any atom is 0.315 e. The predicted molar refractivity (Wildman–Crippen MR) is 125 cm³/mol. The molecule has 0 aliphatic heterocycles. The van der Waals surface area contributed by atoms with Gasteiger partial charge in [0, 0.05) is 18.7 Å². The van der Waals surface area contributed by atoms with Crippen LogP contribution in [0, 0.1) is 12.7 Å². The molecule has 0 saturated heterocycles. The number of anilines is 2. The molecular formula is C23H26FN9O2. The Morgan fingerprint density at radius 3 is 2.63 bits per heavy atom. The number of aromatic nitrogens is 7. The smallest absolute Gasteiger partial charge is 0.315 e. The number of hydrogen-bond donors (Lipinski definition) is 2. The van der Waals surface area contributed by atoms with Crippen molar-refractivity contribution in [2.45, 2.75) is 46.1 Å². The zero-order valence-electron chi connectivity index (χ0n) is 20.3. The summed E-state index contributed by atoms with van der Waals surface area (Å²) in [5.41, 5.74) is 1.51. The molecule has 4 rings (SSSR count). The zero-order chi connectivity index (χ0) is 25.3. The molecule has 0 aliphatic rings. The Hall–Kier alpha value is -4.22. The van der Waals surface area contributed by atoms with Gasteiger partial charge in [0.1, 0.15) is 12.1 Å². The molecule has 0 radical (unpaired) electrons. The van der Waals surface area contributed by atoms with Crippen LogP contribution in [0.5, 0.6) is 0 Å². The summed E-state index contributed by atoms with van der Waals surface area (Å²) in [6, 6.07) is 2.79. The third kappa shape index (κ3) is 5.15. The van der Waals surface area contributed by atoms with Gasteiger partial charge in [-0.25, -0.2) is 14.4 Å². The van der Waals surface area contributed by atoms with E-state index in [0.717, 1.165) is 0 Å². The summed E-state index contributed by atoms with van der Waals surface area (Å²) in [6.45, 7) is 9.14. The first-order chi connectivity index (χ1) is 16.5. The average molecular weight is 480 g/mol. The Labute approximate surface area is 201 Å². The fourth-order valence-electron chi connectivity index (χ4n) is 3.40. The second-order valence-electron chi connectivity index (χ2n) is 9.17. The van der Waals surface area contributed by atoms with Gasteiger partial charge in [0.15, 0.2) is 11.6 Å². The highest BCUT2D eigenvalue weighted by atomic mass is 19.1. The lowest BCUT2D eigenvalue weighted by Crippen LogP contribution is -2.28. The van der Waals surface area contributed by atoms with E-state index in [9.17, 15) is 4.79 Å². The largest absolute Gasteiger partial charge is 0.341 e. The number of nitrogens with one attached hydrogen (secondary N) is 2. The van der Waals surface area contributed by atoms with Gasteiger partial charge in [0.2, 0.25) is 5.95 Å². The number of aryl methyl sites for hydroxylation is 1. The standard InChI is InChI=1S/C23H26FN9O2/c1-12-15(13(2)28-19(34)20-31-21(32-35-20)23(3,4)5)7-8-16(17(12)24)18-25-11-26-22(30-18)29-14-9-27-33(6)10-14/h7-11,13H,1-6H3,(H,28,34)(H,25,26,29,30). The number of amides is 1. The van der Waals surface area contributed by atoms with Crippen LogP contribution in [0.25, 0.3) is 11.4 Å². The number of carbonyl (C=O) groups excluding carboxylic acids is 1. The van der Waals surface area contributed by atoms with Crippen LogP contribution in [-0.4, -0.2) is 40.8 Å². The van der Waals surface area contributed by atoms with Crippen LogP contribution in [0.15, 0.2) is 35.4 Å². The first-order valence-corrected chi connectivity index (χ1v) is 10.9. The Morgan fingerprint density at radius 1 is 1.20 bits per heavy atom. The summed E-state index contributed by atoms with van der Waals surface area (Å²) < 4.78 is 22.1. The van der Waals surface area contributed by atoms with E-state index < -0.39 is 17.8 Å². The van der Waals surface area contributed by atoms with E-state index in [2.05, 4.69) is 40.8 Å². The minimum absolute atomic E-state index is 0.143. The maximum absolute atomic E-state index is 15.4. The third-order valence-electron chi connectivity index (χ3n) is 5.31. The van der Waals surface area contributed by atoms with Crippen LogP contribution in [0.4, 0.5) is 16.0 Å². The van der Waals surface area contributed by atoms with Gasteiger partial charge in [-0.3, -0.25) is 9.48 Å². The normalized spacial score (nSPS) is 12.4. The third-order valence-corrected chi connectivity index (χ3v) is 5.31. The lowest BCUT2D eigenvalue weighted by molar-refractivity contribution is 0.0895. The lowest BCUT2D eigenvalue weighted by Gasteiger charge is -2.17. The lowest BCUT2D eigenvalue weighted by atomic mass is 9.96. The Morgan fingerprint density at radius 2 is 1.97 bits per heavy atom. The van der Waals surface area contributed by atoms with Crippen molar-refractivity contribution in [3.05, 3.63) is 59.5 Å². The van der Waals surface area contributed by atoms with Crippen molar-refractivity contribution < 1.29 is 13.7 Å². The van der Waals surface area contributed by atoms with Crippen molar-refractivity contribution in [1.29, 1.82) is 0 Å². The number of benzene rings is 1. The van der Waals surface area contributed by atoms with E-state index in [-0.39, 0.29) is 28.6 Å². The Bertz CT molecular complexity index is 1370. The SMILES string of the molecule is Cc1c(C(C)NC(=O)c2nc(C(C)(C)C)no2)ccc(-c2ncnc(Nc3cnn(C)c3)n2)c1F. The molecule has 3 aromatic heterocycles. The van der Waals surface area contributed by atoms with E-state index >= 15 is 4.39 Å². The van der Waals surface area contributed by atoms with Crippen LogP contribution < -0.4 is 10.6 Å². The highest BCUT2D eigenvalue weighted by molar-refractivity contribution is 5.89. The van der Waals surface area contributed by atoms with Crippen molar-refractivity contribution in [1.82, 2.24) is 40.2 Å². The number of nitrogens with zero attached hydrogens (tertiary/aromatic N) is 7.